The molecule has 2 amide bonds. The average molecular weight is 380 g/mol. The quantitative estimate of drug-likeness (QED) is 0.698. The lowest BCUT2D eigenvalue weighted by molar-refractivity contribution is -0.123. The van der Waals surface area contributed by atoms with Gasteiger partial charge < -0.3 is 9.72 Å². The lowest BCUT2D eigenvalue weighted by Gasteiger charge is -2.09. The second-order valence-corrected chi connectivity index (χ2v) is 6.16. The minimum absolute atomic E-state index is 0.185. The highest BCUT2D eigenvalue weighted by Crippen LogP contribution is 2.18. The van der Waals surface area contributed by atoms with Gasteiger partial charge in [0.1, 0.15) is 11.4 Å². The van der Waals surface area contributed by atoms with Crippen molar-refractivity contribution in [2.24, 2.45) is 0 Å². The fraction of sp³-hybridized carbons (Fsp3) is 0.250. The maximum Gasteiger partial charge on any atom is 0.286 e. The van der Waals surface area contributed by atoms with Gasteiger partial charge in [-0.1, -0.05) is 26.0 Å². The smallest absolute Gasteiger partial charge is 0.286 e. The SMILES string of the molecule is CC(C)c1ccc(OCC(=O)NNC(=O)c2cc(Br)c[nH]2)cc1. The highest BCUT2D eigenvalue weighted by molar-refractivity contribution is 9.10. The van der Waals surface area contributed by atoms with Crippen LogP contribution >= 0.6 is 15.9 Å². The van der Waals surface area contributed by atoms with Crippen LogP contribution < -0.4 is 15.6 Å². The molecule has 1 heterocycles. The standard InChI is InChI=1S/C16H18BrN3O3/c1-10(2)11-3-5-13(6-4-11)23-9-15(21)19-20-16(22)14-7-12(17)8-18-14/h3-8,10,18H,9H2,1-2H3,(H,19,21)(H,20,22). The van der Waals surface area contributed by atoms with E-state index in [1.165, 1.54) is 5.56 Å². The van der Waals surface area contributed by atoms with Crippen LogP contribution in [0.1, 0.15) is 35.8 Å². The van der Waals surface area contributed by atoms with Gasteiger partial charge in [-0.25, -0.2) is 0 Å². The largest absolute Gasteiger partial charge is 0.484 e. The zero-order valence-electron chi connectivity index (χ0n) is 12.9. The number of nitrogens with one attached hydrogen (secondary N) is 3. The maximum absolute atomic E-state index is 11.7. The summed E-state index contributed by atoms with van der Waals surface area (Å²) in [5.41, 5.74) is 6.13. The summed E-state index contributed by atoms with van der Waals surface area (Å²) in [6.45, 7) is 4.03. The van der Waals surface area contributed by atoms with E-state index >= 15 is 0 Å². The van der Waals surface area contributed by atoms with Crippen LogP contribution in [0, 0.1) is 0 Å². The Morgan fingerprint density at radius 1 is 1.22 bits per heavy atom. The van der Waals surface area contributed by atoms with E-state index in [4.69, 9.17) is 4.74 Å². The number of hydrazine groups is 1. The van der Waals surface area contributed by atoms with Gasteiger partial charge in [0, 0.05) is 10.7 Å². The summed E-state index contributed by atoms with van der Waals surface area (Å²) in [7, 11) is 0. The number of aromatic nitrogens is 1. The van der Waals surface area contributed by atoms with Gasteiger partial charge in [-0.3, -0.25) is 20.4 Å². The number of aromatic amines is 1. The number of H-pyrrole nitrogens is 1. The average Bonchev–Trinajstić information content (AvgIpc) is 2.97. The van der Waals surface area contributed by atoms with Crippen molar-refractivity contribution in [2.45, 2.75) is 19.8 Å². The summed E-state index contributed by atoms with van der Waals surface area (Å²) in [4.78, 5) is 26.1. The van der Waals surface area contributed by atoms with Gasteiger partial charge in [0.2, 0.25) is 0 Å². The van der Waals surface area contributed by atoms with Crippen molar-refractivity contribution in [3.63, 3.8) is 0 Å². The number of ether oxygens (including phenoxy) is 1. The molecule has 0 radical (unpaired) electrons. The molecular weight excluding hydrogens is 362 g/mol. The van der Waals surface area contributed by atoms with Gasteiger partial charge >= 0.3 is 0 Å². The van der Waals surface area contributed by atoms with Gasteiger partial charge in [-0.2, -0.15) is 0 Å². The first-order valence-electron chi connectivity index (χ1n) is 7.11. The van der Waals surface area contributed by atoms with E-state index in [9.17, 15) is 9.59 Å². The predicted molar refractivity (Wildman–Crippen MR) is 90.1 cm³/mol. The second kappa shape index (κ2) is 7.82. The number of rotatable bonds is 5. The number of hydrogen-bond acceptors (Lipinski definition) is 3. The molecule has 0 aliphatic rings. The molecule has 2 rings (SSSR count). The molecule has 1 aromatic carbocycles. The zero-order chi connectivity index (χ0) is 16.8. The van der Waals surface area contributed by atoms with Crippen LogP contribution in [0.15, 0.2) is 41.0 Å². The molecule has 0 aliphatic carbocycles. The third kappa shape index (κ3) is 5.14. The Labute approximate surface area is 142 Å². The Kier molecular flexibility index (Phi) is 5.81. The van der Waals surface area contributed by atoms with Crippen molar-refractivity contribution in [3.8, 4) is 5.75 Å². The van der Waals surface area contributed by atoms with Crippen LogP contribution in [0.5, 0.6) is 5.75 Å². The Hall–Kier alpha value is -2.28. The zero-order valence-corrected chi connectivity index (χ0v) is 14.4. The first-order valence-corrected chi connectivity index (χ1v) is 7.91. The molecule has 0 aliphatic heterocycles. The Bertz CT molecular complexity index is 680. The molecule has 0 saturated carbocycles. The molecule has 0 saturated heterocycles. The maximum atomic E-state index is 11.7. The van der Waals surface area contributed by atoms with E-state index in [0.717, 1.165) is 4.47 Å². The summed E-state index contributed by atoms with van der Waals surface area (Å²) in [5.74, 6) is 0.155. The fourth-order valence-corrected chi connectivity index (χ4v) is 2.17. The molecule has 0 atom stereocenters. The normalized spacial score (nSPS) is 10.4. The van der Waals surface area contributed by atoms with Gasteiger partial charge in [-0.15, -0.1) is 0 Å². The lowest BCUT2D eigenvalue weighted by atomic mass is 10.0. The minimum atomic E-state index is -0.447. The number of halogens is 1. The van der Waals surface area contributed by atoms with Gasteiger partial charge in [-0.05, 0) is 45.6 Å². The van der Waals surface area contributed by atoms with Crippen LogP contribution in [0.2, 0.25) is 0 Å². The van der Waals surface area contributed by atoms with E-state index in [-0.39, 0.29) is 6.61 Å². The summed E-state index contributed by atoms with van der Waals surface area (Å²) >= 11 is 3.23. The van der Waals surface area contributed by atoms with Crippen LogP contribution in [-0.4, -0.2) is 23.4 Å². The lowest BCUT2D eigenvalue weighted by Crippen LogP contribution is -2.43. The summed E-state index contributed by atoms with van der Waals surface area (Å²) in [6, 6.07) is 9.16. The molecule has 23 heavy (non-hydrogen) atoms. The molecule has 122 valence electrons. The van der Waals surface area contributed by atoms with Crippen LogP contribution in [-0.2, 0) is 4.79 Å². The molecule has 7 heteroatoms. The van der Waals surface area contributed by atoms with Gasteiger partial charge in [0.05, 0.1) is 0 Å². The van der Waals surface area contributed by atoms with E-state index in [0.29, 0.717) is 17.4 Å². The van der Waals surface area contributed by atoms with Gasteiger partial charge in [0.25, 0.3) is 11.8 Å². The topological polar surface area (TPSA) is 83.2 Å². The number of carbonyl (C=O) groups excluding carboxylic acids is 2. The van der Waals surface area contributed by atoms with Crippen LogP contribution in [0.3, 0.4) is 0 Å². The molecule has 6 nitrogen and oxygen atoms in total. The van der Waals surface area contributed by atoms with Crippen molar-refractivity contribution >= 4 is 27.7 Å². The van der Waals surface area contributed by atoms with Crippen molar-refractivity contribution < 1.29 is 14.3 Å². The third-order valence-corrected chi connectivity index (χ3v) is 3.58. The van der Waals surface area contributed by atoms with E-state index in [2.05, 4.69) is 45.6 Å². The summed E-state index contributed by atoms with van der Waals surface area (Å²) in [6.07, 6.45) is 1.63. The van der Waals surface area contributed by atoms with Crippen molar-refractivity contribution in [1.29, 1.82) is 0 Å². The predicted octanol–water partition coefficient (Wildman–Crippen LogP) is 2.74. The third-order valence-electron chi connectivity index (χ3n) is 3.12. The molecule has 3 N–H and O–H groups in total. The van der Waals surface area contributed by atoms with Gasteiger partial charge in [0.15, 0.2) is 6.61 Å². The van der Waals surface area contributed by atoms with E-state index < -0.39 is 11.8 Å². The molecule has 0 unspecified atom stereocenters. The minimum Gasteiger partial charge on any atom is -0.484 e. The number of hydrogen-bond donors (Lipinski definition) is 3. The van der Waals surface area contributed by atoms with Crippen molar-refractivity contribution in [1.82, 2.24) is 15.8 Å². The Morgan fingerprint density at radius 3 is 2.48 bits per heavy atom. The molecule has 2 aromatic rings. The van der Waals surface area contributed by atoms with E-state index in [1.807, 2.05) is 24.3 Å². The fourth-order valence-electron chi connectivity index (χ4n) is 1.83. The number of carbonyl (C=O) groups is 2. The highest BCUT2D eigenvalue weighted by atomic mass is 79.9. The van der Waals surface area contributed by atoms with Crippen LogP contribution in [0.25, 0.3) is 0 Å². The first kappa shape index (κ1) is 17.1. The number of amides is 2. The van der Waals surface area contributed by atoms with Crippen molar-refractivity contribution in [2.75, 3.05) is 6.61 Å². The molecule has 0 spiro atoms. The Morgan fingerprint density at radius 2 is 1.91 bits per heavy atom. The molecule has 1 aromatic heterocycles. The second-order valence-electron chi connectivity index (χ2n) is 5.25. The van der Waals surface area contributed by atoms with E-state index in [1.54, 1.807) is 12.3 Å². The van der Waals surface area contributed by atoms with Crippen molar-refractivity contribution in [3.05, 3.63) is 52.3 Å². The monoisotopic (exact) mass is 379 g/mol. The first-order chi connectivity index (χ1) is 11.0. The highest BCUT2D eigenvalue weighted by Gasteiger charge is 2.09. The Balaban J connectivity index is 1.75. The molecule has 0 bridgehead atoms. The number of benzene rings is 1. The van der Waals surface area contributed by atoms with Crippen LogP contribution in [0.4, 0.5) is 0 Å². The molecule has 0 fully saturated rings. The summed E-state index contributed by atoms with van der Waals surface area (Å²) < 4.78 is 6.12. The molecular formula is C16H18BrN3O3. The summed E-state index contributed by atoms with van der Waals surface area (Å²) in [5, 5.41) is 0.